The first-order valence-corrected chi connectivity index (χ1v) is 8.08. The van der Waals surface area contributed by atoms with Crippen LogP contribution in [0.15, 0.2) is 42.6 Å². The van der Waals surface area contributed by atoms with Gasteiger partial charge in [0.05, 0.1) is 17.4 Å². The molecule has 1 unspecified atom stereocenters. The van der Waals surface area contributed by atoms with Gasteiger partial charge in [0.2, 0.25) is 0 Å². The lowest BCUT2D eigenvalue weighted by Gasteiger charge is -2.27. The van der Waals surface area contributed by atoms with Crippen molar-refractivity contribution >= 4 is 0 Å². The molecule has 0 aliphatic heterocycles. The Balaban J connectivity index is 2.32. The van der Waals surface area contributed by atoms with Crippen LogP contribution < -0.4 is 5.32 Å². The molecule has 0 saturated carbocycles. The van der Waals surface area contributed by atoms with Gasteiger partial charge < -0.3 is 5.32 Å². The Kier molecular flexibility index (Phi) is 6.00. The van der Waals surface area contributed by atoms with Crippen molar-refractivity contribution in [1.82, 2.24) is 15.1 Å². The van der Waals surface area contributed by atoms with Gasteiger partial charge in [0.1, 0.15) is 0 Å². The molecule has 0 fully saturated rings. The molecule has 0 saturated heterocycles. The Morgan fingerprint density at radius 1 is 1.05 bits per heavy atom. The zero-order valence-corrected chi connectivity index (χ0v) is 13.4. The topological polar surface area (TPSA) is 29.9 Å². The summed E-state index contributed by atoms with van der Waals surface area (Å²) in [6, 6.07) is 12.9. The smallest absolute Gasteiger partial charge is 0.0649 e. The monoisotopic (exact) mass is 285 g/mol. The van der Waals surface area contributed by atoms with Crippen molar-refractivity contribution in [2.75, 3.05) is 7.05 Å². The maximum absolute atomic E-state index is 4.53. The first-order chi connectivity index (χ1) is 10.3. The largest absolute Gasteiger partial charge is 0.311 e. The molecule has 0 spiro atoms. The lowest BCUT2D eigenvalue weighted by Crippen LogP contribution is -2.27. The summed E-state index contributed by atoms with van der Waals surface area (Å²) in [6.07, 6.45) is 6.85. The molecular formula is C18H27N3. The fourth-order valence-corrected chi connectivity index (χ4v) is 3.18. The number of rotatable bonds is 8. The lowest BCUT2D eigenvalue weighted by atomic mass is 9.88. The summed E-state index contributed by atoms with van der Waals surface area (Å²) in [5.41, 5.74) is 2.39. The number of nitrogens with one attached hydrogen (secondary N) is 1. The molecule has 0 aliphatic carbocycles. The van der Waals surface area contributed by atoms with Gasteiger partial charge in [-0.3, -0.25) is 0 Å². The van der Waals surface area contributed by atoms with Gasteiger partial charge in [-0.1, -0.05) is 44.9 Å². The lowest BCUT2D eigenvalue weighted by molar-refractivity contribution is 0.321. The van der Waals surface area contributed by atoms with Crippen LogP contribution in [0.4, 0.5) is 0 Å². The van der Waals surface area contributed by atoms with Crippen molar-refractivity contribution in [2.24, 2.45) is 5.92 Å². The Morgan fingerprint density at radius 3 is 2.29 bits per heavy atom. The Bertz CT molecular complexity index is 512. The van der Waals surface area contributed by atoms with E-state index in [-0.39, 0.29) is 0 Å². The van der Waals surface area contributed by atoms with Crippen molar-refractivity contribution in [2.45, 2.75) is 45.6 Å². The summed E-state index contributed by atoms with van der Waals surface area (Å²) in [4.78, 5) is 0. The molecule has 1 aromatic carbocycles. The molecule has 3 heteroatoms. The highest BCUT2D eigenvalue weighted by molar-refractivity contribution is 5.33. The quantitative estimate of drug-likeness (QED) is 0.781. The van der Waals surface area contributed by atoms with Crippen LogP contribution in [0.3, 0.4) is 0 Å². The third kappa shape index (κ3) is 3.73. The summed E-state index contributed by atoms with van der Waals surface area (Å²) in [5, 5.41) is 8.06. The standard InChI is InChI=1S/C18H27N3/c1-4-9-15(10-5-2)18(19-3)17-13-14-20-21(17)16-11-7-6-8-12-16/h6-8,11-15,18-19H,4-5,9-10H2,1-3H3. The first kappa shape index (κ1) is 15.8. The molecule has 0 amide bonds. The zero-order chi connectivity index (χ0) is 15.1. The van der Waals surface area contributed by atoms with Crippen LogP contribution in [0.1, 0.15) is 51.3 Å². The van der Waals surface area contributed by atoms with Gasteiger partial charge in [0.15, 0.2) is 0 Å². The maximum atomic E-state index is 4.53. The average Bonchev–Trinajstić information content (AvgIpc) is 2.99. The number of nitrogens with zero attached hydrogens (tertiary/aromatic N) is 2. The van der Waals surface area contributed by atoms with Gasteiger partial charge in [-0.15, -0.1) is 0 Å². The summed E-state index contributed by atoms with van der Waals surface area (Å²) in [6.45, 7) is 4.54. The zero-order valence-electron chi connectivity index (χ0n) is 13.4. The van der Waals surface area contributed by atoms with Crippen LogP contribution in [0.2, 0.25) is 0 Å². The predicted octanol–water partition coefficient (Wildman–Crippen LogP) is 4.35. The molecular weight excluding hydrogens is 258 g/mol. The van der Waals surface area contributed by atoms with Gasteiger partial charge in [0, 0.05) is 6.20 Å². The molecule has 0 radical (unpaired) electrons. The number of para-hydroxylation sites is 1. The van der Waals surface area contributed by atoms with Gasteiger partial charge in [0.25, 0.3) is 0 Å². The van der Waals surface area contributed by atoms with Gasteiger partial charge in [-0.25, -0.2) is 4.68 Å². The molecule has 3 nitrogen and oxygen atoms in total. The van der Waals surface area contributed by atoms with E-state index in [0.717, 1.165) is 5.69 Å². The fraction of sp³-hybridized carbons (Fsp3) is 0.500. The second kappa shape index (κ2) is 7.99. The summed E-state index contributed by atoms with van der Waals surface area (Å²) in [5.74, 6) is 0.657. The molecule has 0 aliphatic rings. The number of benzene rings is 1. The second-order valence-corrected chi connectivity index (χ2v) is 5.61. The Hall–Kier alpha value is -1.61. The van der Waals surface area contributed by atoms with Crippen molar-refractivity contribution in [3.8, 4) is 5.69 Å². The summed E-state index contributed by atoms with van der Waals surface area (Å²) < 4.78 is 2.07. The van der Waals surface area contributed by atoms with E-state index >= 15 is 0 Å². The van der Waals surface area contributed by atoms with Gasteiger partial charge >= 0.3 is 0 Å². The van der Waals surface area contributed by atoms with E-state index in [0.29, 0.717) is 12.0 Å². The molecule has 1 heterocycles. The van der Waals surface area contributed by atoms with Crippen LogP contribution in [0, 0.1) is 5.92 Å². The van der Waals surface area contributed by atoms with E-state index < -0.39 is 0 Å². The van der Waals surface area contributed by atoms with E-state index in [1.54, 1.807) is 0 Å². The van der Waals surface area contributed by atoms with E-state index in [2.05, 4.69) is 66.3 Å². The van der Waals surface area contributed by atoms with Crippen molar-refractivity contribution in [1.29, 1.82) is 0 Å². The van der Waals surface area contributed by atoms with E-state index in [4.69, 9.17) is 0 Å². The summed E-state index contributed by atoms with van der Waals surface area (Å²) in [7, 11) is 2.06. The maximum Gasteiger partial charge on any atom is 0.0649 e. The third-order valence-corrected chi connectivity index (χ3v) is 4.09. The van der Waals surface area contributed by atoms with Crippen LogP contribution in [0.25, 0.3) is 5.69 Å². The van der Waals surface area contributed by atoms with E-state index in [1.165, 1.54) is 31.4 Å². The third-order valence-electron chi connectivity index (χ3n) is 4.09. The van der Waals surface area contributed by atoms with Crippen molar-refractivity contribution in [3.63, 3.8) is 0 Å². The highest BCUT2D eigenvalue weighted by Crippen LogP contribution is 2.30. The fourth-order valence-electron chi connectivity index (χ4n) is 3.18. The Labute approximate surface area is 128 Å². The van der Waals surface area contributed by atoms with E-state index in [9.17, 15) is 0 Å². The molecule has 21 heavy (non-hydrogen) atoms. The van der Waals surface area contributed by atoms with Crippen LogP contribution in [0.5, 0.6) is 0 Å². The molecule has 0 bridgehead atoms. The highest BCUT2D eigenvalue weighted by atomic mass is 15.3. The van der Waals surface area contributed by atoms with Crippen molar-refractivity contribution in [3.05, 3.63) is 48.3 Å². The van der Waals surface area contributed by atoms with Crippen LogP contribution in [-0.4, -0.2) is 16.8 Å². The second-order valence-electron chi connectivity index (χ2n) is 5.61. The Morgan fingerprint density at radius 2 is 1.71 bits per heavy atom. The molecule has 1 atom stereocenters. The summed E-state index contributed by atoms with van der Waals surface area (Å²) >= 11 is 0. The van der Waals surface area contributed by atoms with Crippen LogP contribution >= 0.6 is 0 Å². The molecule has 1 aromatic heterocycles. The average molecular weight is 285 g/mol. The van der Waals surface area contributed by atoms with E-state index in [1.807, 2.05) is 12.3 Å². The highest BCUT2D eigenvalue weighted by Gasteiger charge is 2.23. The molecule has 2 rings (SSSR count). The minimum Gasteiger partial charge on any atom is -0.311 e. The number of hydrogen-bond acceptors (Lipinski definition) is 2. The van der Waals surface area contributed by atoms with Crippen LogP contribution in [-0.2, 0) is 0 Å². The number of hydrogen-bond donors (Lipinski definition) is 1. The predicted molar refractivity (Wildman–Crippen MR) is 88.7 cm³/mol. The normalized spacial score (nSPS) is 12.8. The van der Waals surface area contributed by atoms with Crippen molar-refractivity contribution < 1.29 is 0 Å². The minimum atomic E-state index is 0.354. The minimum absolute atomic E-state index is 0.354. The molecule has 1 N–H and O–H groups in total. The molecule has 114 valence electrons. The van der Waals surface area contributed by atoms with Gasteiger partial charge in [-0.2, -0.15) is 5.10 Å². The molecule has 2 aromatic rings. The first-order valence-electron chi connectivity index (χ1n) is 8.08. The van der Waals surface area contributed by atoms with Gasteiger partial charge in [-0.05, 0) is 44.0 Å². The number of aromatic nitrogens is 2. The SMILES string of the molecule is CCCC(CCC)C(NC)c1ccnn1-c1ccccc1.